The molecule has 1 fully saturated rings. The van der Waals surface area contributed by atoms with Gasteiger partial charge < -0.3 is 10.4 Å². The fourth-order valence-electron chi connectivity index (χ4n) is 2.56. The molecular formula is C13H25NO2. The minimum absolute atomic E-state index is 0.237. The summed E-state index contributed by atoms with van der Waals surface area (Å²) < 4.78 is 0. The summed E-state index contributed by atoms with van der Waals surface area (Å²) in [6.45, 7) is 6.24. The van der Waals surface area contributed by atoms with E-state index >= 15 is 0 Å². The third-order valence-electron chi connectivity index (χ3n) is 3.78. The van der Waals surface area contributed by atoms with Gasteiger partial charge >= 0.3 is 5.97 Å². The first-order valence-corrected chi connectivity index (χ1v) is 6.52. The Balaban J connectivity index is 2.06. The van der Waals surface area contributed by atoms with Gasteiger partial charge in [0.2, 0.25) is 0 Å². The van der Waals surface area contributed by atoms with Gasteiger partial charge in [0, 0.05) is 6.54 Å². The second-order valence-corrected chi connectivity index (χ2v) is 5.37. The zero-order valence-electron chi connectivity index (χ0n) is 10.5. The van der Waals surface area contributed by atoms with Crippen molar-refractivity contribution >= 4 is 5.97 Å². The first kappa shape index (κ1) is 13.5. The molecule has 0 spiro atoms. The van der Waals surface area contributed by atoms with Crippen molar-refractivity contribution < 1.29 is 9.90 Å². The van der Waals surface area contributed by atoms with Crippen LogP contribution in [-0.4, -0.2) is 24.2 Å². The van der Waals surface area contributed by atoms with E-state index in [2.05, 4.69) is 19.2 Å². The minimum Gasteiger partial charge on any atom is -0.481 e. The van der Waals surface area contributed by atoms with E-state index < -0.39 is 5.97 Å². The molecule has 0 bridgehead atoms. The van der Waals surface area contributed by atoms with Gasteiger partial charge in [0.05, 0.1) is 6.42 Å². The lowest BCUT2D eigenvalue weighted by Crippen LogP contribution is -2.29. The molecule has 1 aliphatic carbocycles. The summed E-state index contributed by atoms with van der Waals surface area (Å²) in [6, 6.07) is 0. The van der Waals surface area contributed by atoms with Crippen LogP contribution in [0.4, 0.5) is 0 Å². The van der Waals surface area contributed by atoms with Crippen molar-refractivity contribution in [1.82, 2.24) is 5.32 Å². The highest BCUT2D eigenvalue weighted by molar-refractivity contribution is 5.66. The SMILES string of the molecule is CC(C)C1CCC(CNCCC(=O)O)CC1. The van der Waals surface area contributed by atoms with Gasteiger partial charge in [0.15, 0.2) is 0 Å². The number of nitrogens with one attached hydrogen (secondary N) is 1. The summed E-state index contributed by atoms with van der Waals surface area (Å²) in [5, 5.41) is 11.8. The molecule has 16 heavy (non-hydrogen) atoms. The number of hydrogen-bond donors (Lipinski definition) is 2. The quantitative estimate of drug-likeness (QED) is 0.685. The minimum atomic E-state index is -0.712. The summed E-state index contributed by atoms with van der Waals surface area (Å²) in [7, 11) is 0. The third-order valence-corrected chi connectivity index (χ3v) is 3.78. The number of carboxylic acids is 1. The molecule has 1 aliphatic rings. The topological polar surface area (TPSA) is 49.3 Å². The van der Waals surface area contributed by atoms with Crippen LogP contribution in [0.15, 0.2) is 0 Å². The lowest BCUT2D eigenvalue weighted by atomic mass is 9.77. The van der Waals surface area contributed by atoms with Gasteiger partial charge in [-0.1, -0.05) is 13.8 Å². The summed E-state index contributed by atoms with van der Waals surface area (Å²) >= 11 is 0. The van der Waals surface area contributed by atoms with Crippen molar-refractivity contribution in [3.05, 3.63) is 0 Å². The third kappa shape index (κ3) is 4.97. The van der Waals surface area contributed by atoms with Crippen LogP contribution < -0.4 is 5.32 Å². The van der Waals surface area contributed by atoms with E-state index in [4.69, 9.17) is 5.11 Å². The Bertz CT molecular complexity index is 208. The largest absolute Gasteiger partial charge is 0.481 e. The highest BCUT2D eigenvalue weighted by Crippen LogP contribution is 2.32. The van der Waals surface area contributed by atoms with E-state index in [1.807, 2.05) is 0 Å². The van der Waals surface area contributed by atoms with E-state index in [0.717, 1.165) is 24.3 Å². The fourth-order valence-corrected chi connectivity index (χ4v) is 2.56. The fraction of sp³-hybridized carbons (Fsp3) is 0.923. The van der Waals surface area contributed by atoms with Crippen LogP contribution in [-0.2, 0) is 4.79 Å². The first-order valence-electron chi connectivity index (χ1n) is 6.52. The van der Waals surface area contributed by atoms with Crippen molar-refractivity contribution in [3.8, 4) is 0 Å². The zero-order chi connectivity index (χ0) is 12.0. The Labute approximate surface area is 98.6 Å². The summed E-state index contributed by atoms with van der Waals surface area (Å²) in [5.41, 5.74) is 0. The molecular weight excluding hydrogens is 202 g/mol. The van der Waals surface area contributed by atoms with Crippen LogP contribution in [0.3, 0.4) is 0 Å². The molecule has 0 aromatic heterocycles. The van der Waals surface area contributed by atoms with E-state index in [-0.39, 0.29) is 6.42 Å². The van der Waals surface area contributed by atoms with Crippen LogP contribution in [0.25, 0.3) is 0 Å². The molecule has 0 aromatic carbocycles. The number of carbonyl (C=O) groups is 1. The Morgan fingerprint density at radius 2 is 1.94 bits per heavy atom. The van der Waals surface area contributed by atoms with Crippen LogP contribution in [0.1, 0.15) is 46.0 Å². The highest BCUT2D eigenvalue weighted by atomic mass is 16.4. The van der Waals surface area contributed by atoms with E-state index in [9.17, 15) is 4.79 Å². The van der Waals surface area contributed by atoms with E-state index in [1.54, 1.807) is 0 Å². The number of aliphatic carboxylic acids is 1. The second kappa shape index (κ2) is 6.89. The van der Waals surface area contributed by atoms with Crippen molar-refractivity contribution in [2.45, 2.75) is 46.0 Å². The molecule has 3 heteroatoms. The standard InChI is InChI=1S/C13H25NO2/c1-10(2)12-5-3-11(4-6-12)9-14-8-7-13(15)16/h10-12,14H,3-9H2,1-2H3,(H,15,16). The average molecular weight is 227 g/mol. The van der Waals surface area contributed by atoms with Gasteiger partial charge in [-0.3, -0.25) is 4.79 Å². The summed E-state index contributed by atoms with van der Waals surface area (Å²) in [4.78, 5) is 10.3. The predicted molar refractivity (Wildman–Crippen MR) is 65.4 cm³/mol. The van der Waals surface area contributed by atoms with Crippen LogP contribution >= 0.6 is 0 Å². The number of carboxylic acid groups (broad SMARTS) is 1. The molecule has 0 aromatic rings. The van der Waals surface area contributed by atoms with E-state index in [0.29, 0.717) is 6.54 Å². The highest BCUT2D eigenvalue weighted by Gasteiger charge is 2.22. The second-order valence-electron chi connectivity index (χ2n) is 5.37. The normalized spacial score (nSPS) is 25.9. The molecule has 0 heterocycles. The Morgan fingerprint density at radius 3 is 2.44 bits per heavy atom. The Kier molecular flexibility index (Phi) is 5.81. The molecule has 1 saturated carbocycles. The van der Waals surface area contributed by atoms with Crippen LogP contribution in [0.2, 0.25) is 0 Å². The Morgan fingerprint density at radius 1 is 1.31 bits per heavy atom. The molecule has 0 atom stereocenters. The van der Waals surface area contributed by atoms with E-state index in [1.165, 1.54) is 25.7 Å². The van der Waals surface area contributed by atoms with Crippen LogP contribution in [0.5, 0.6) is 0 Å². The zero-order valence-corrected chi connectivity index (χ0v) is 10.5. The van der Waals surface area contributed by atoms with Gasteiger partial charge in [-0.2, -0.15) is 0 Å². The van der Waals surface area contributed by atoms with Crippen molar-refractivity contribution in [1.29, 1.82) is 0 Å². The van der Waals surface area contributed by atoms with Crippen molar-refractivity contribution in [2.24, 2.45) is 17.8 Å². The van der Waals surface area contributed by atoms with Crippen molar-refractivity contribution in [3.63, 3.8) is 0 Å². The number of rotatable bonds is 6. The molecule has 1 rings (SSSR count). The lowest BCUT2D eigenvalue weighted by Gasteiger charge is -2.30. The lowest BCUT2D eigenvalue weighted by molar-refractivity contribution is -0.136. The molecule has 3 nitrogen and oxygen atoms in total. The maximum absolute atomic E-state index is 10.3. The van der Waals surface area contributed by atoms with Gasteiger partial charge in [-0.25, -0.2) is 0 Å². The van der Waals surface area contributed by atoms with Crippen molar-refractivity contribution in [2.75, 3.05) is 13.1 Å². The number of hydrogen-bond acceptors (Lipinski definition) is 2. The maximum Gasteiger partial charge on any atom is 0.304 e. The maximum atomic E-state index is 10.3. The average Bonchev–Trinajstić information content (AvgIpc) is 2.25. The summed E-state index contributed by atoms with van der Waals surface area (Å²) in [6.07, 6.45) is 5.55. The predicted octanol–water partition coefficient (Wildman–Crippen LogP) is 2.51. The summed E-state index contributed by atoms with van der Waals surface area (Å²) in [5.74, 6) is 1.79. The van der Waals surface area contributed by atoms with Gasteiger partial charge in [-0.15, -0.1) is 0 Å². The van der Waals surface area contributed by atoms with Gasteiger partial charge in [0.25, 0.3) is 0 Å². The molecule has 0 aliphatic heterocycles. The molecule has 0 unspecified atom stereocenters. The molecule has 0 radical (unpaired) electrons. The molecule has 94 valence electrons. The smallest absolute Gasteiger partial charge is 0.304 e. The van der Waals surface area contributed by atoms with Crippen LogP contribution in [0, 0.1) is 17.8 Å². The monoisotopic (exact) mass is 227 g/mol. The van der Waals surface area contributed by atoms with Gasteiger partial charge in [-0.05, 0) is 50.0 Å². The Hall–Kier alpha value is -0.570. The van der Waals surface area contributed by atoms with Gasteiger partial charge in [0.1, 0.15) is 0 Å². The molecule has 0 amide bonds. The molecule has 0 saturated heterocycles. The first-order chi connectivity index (χ1) is 7.59. The molecule has 2 N–H and O–H groups in total.